The number of sulfonamides is 1. The average Bonchev–Trinajstić information content (AvgIpc) is 2.30. The van der Waals surface area contributed by atoms with Crippen LogP contribution in [0.3, 0.4) is 0 Å². The van der Waals surface area contributed by atoms with E-state index in [9.17, 15) is 12.8 Å². The first-order valence-electron chi connectivity index (χ1n) is 6.50. The molecule has 0 spiro atoms. The first-order chi connectivity index (χ1) is 9.07. The molecule has 0 heterocycles. The van der Waals surface area contributed by atoms with Crippen molar-refractivity contribution in [2.24, 2.45) is 5.41 Å². The molecule has 0 unspecified atom stereocenters. The largest absolute Gasteiger partial charge is 0.316 e. The van der Waals surface area contributed by atoms with Crippen molar-refractivity contribution >= 4 is 10.0 Å². The maximum Gasteiger partial charge on any atom is 0.240 e. The van der Waals surface area contributed by atoms with Crippen LogP contribution in [0.15, 0.2) is 17.0 Å². The molecule has 6 heteroatoms. The topological polar surface area (TPSA) is 58.2 Å². The Morgan fingerprint density at radius 1 is 1.25 bits per heavy atom. The molecule has 0 atom stereocenters. The molecule has 1 aromatic rings. The Morgan fingerprint density at radius 2 is 1.85 bits per heavy atom. The Labute approximate surface area is 120 Å². The minimum atomic E-state index is -3.71. The van der Waals surface area contributed by atoms with Gasteiger partial charge in [0.2, 0.25) is 10.0 Å². The van der Waals surface area contributed by atoms with Crippen molar-refractivity contribution in [1.82, 2.24) is 10.0 Å². The van der Waals surface area contributed by atoms with Crippen LogP contribution in [-0.2, 0) is 16.6 Å². The summed E-state index contributed by atoms with van der Waals surface area (Å²) in [5.41, 5.74) is 0.570. The highest BCUT2D eigenvalue weighted by Crippen LogP contribution is 2.21. The molecule has 114 valence electrons. The first kappa shape index (κ1) is 17.1. The van der Waals surface area contributed by atoms with Gasteiger partial charge >= 0.3 is 0 Å². The molecule has 1 rings (SSSR count). The van der Waals surface area contributed by atoms with Crippen molar-refractivity contribution in [3.05, 3.63) is 29.1 Å². The third-order valence-electron chi connectivity index (χ3n) is 2.82. The first-order valence-corrected chi connectivity index (χ1v) is 7.98. The molecule has 0 aliphatic heterocycles. The maximum absolute atomic E-state index is 13.8. The van der Waals surface area contributed by atoms with Gasteiger partial charge in [-0.15, -0.1) is 0 Å². The van der Waals surface area contributed by atoms with Gasteiger partial charge in [-0.2, -0.15) is 0 Å². The quantitative estimate of drug-likeness (QED) is 0.876. The van der Waals surface area contributed by atoms with Crippen molar-refractivity contribution in [3.8, 4) is 0 Å². The molecule has 2 N–H and O–H groups in total. The number of nitrogens with one attached hydrogen (secondary N) is 2. The molecule has 0 fully saturated rings. The Kier molecular flexibility index (Phi) is 5.29. The fourth-order valence-electron chi connectivity index (χ4n) is 1.68. The highest BCUT2D eigenvalue weighted by atomic mass is 32.2. The zero-order valence-corrected chi connectivity index (χ0v) is 13.5. The van der Waals surface area contributed by atoms with Crippen molar-refractivity contribution in [2.75, 3.05) is 13.6 Å². The van der Waals surface area contributed by atoms with E-state index in [-0.39, 0.29) is 15.9 Å². The highest BCUT2D eigenvalue weighted by Gasteiger charge is 2.22. The zero-order valence-electron chi connectivity index (χ0n) is 12.7. The summed E-state index contributed by atoms with van der Waals surface area (Å²) in [5.74, 6) is -0.506. The maximum atomic E-state index is 13.8. The van der Waals surface area contributed by atoms with Gasteiger partial charge in [-0.1, -0.05) is 20.8 Å². The SMILES string of the molecule is CNCc1cc(F)c(C)c(S(=O)(=O)NCC(C)(C)C)c1. The smallest absolute Gasteiger partial charge is 0.240 e. The minimum Gasteiger partial charge on any atom is -0.316 e. The summed E-state index contributed by atoms with van der Waals surface area (Å²) < 4.78 is 41.0. The molecule has 0 bridgehead atoms. The number of hydrogen-bond acceptors (Lipinski definition) is 3. The summed E-state index contributed by atoms with van der Waals surface area (Å²) in [5, 5.41) is 2.88. The third-order valence-corrected chi connectivity index (χ3v) is 4.35. The third kappa shape index (κ3) is 4.54. The van der Waals surface area contributed by atoms with Gasteiger partial charge in [-0.3, -0.25) is 0 Å². The fourth-order valence-corrected chi connectivity index (χ4v) is 3.27. The Hall–Kier alpha value is -0.980. The van der Waals surface area contributed by atoms with Gasteiger partial charge < -0.3 is 5.32 Å². The second-order valence-corrected chi connectivity index (χ2v) is 7.85. The van der Waals surface area contributed by atoms with Crippen LogP contribution < -0.4 is 10.0 Å². The Bertz CT molecular complexity index is 578. The van der Waals surface area contributed by atoms with E-state index in [4.69, 9.17) is 0 Å². The molecule has 0 saturated carbocycles. The number of rotatable bonds is 5. The average molecular weight is 302 g/mol. The van der Waals surface area contributed by atoms with Crippen LogP contribution in [0.25, 0.3) is 0 Å². The summed E-state index contributed by atoms with van der Waals surface area (Å²) in [6, 6.07) is 2.87. The van der Waals surface area contributed by atoms with E-state index >= 15 is 0 Å². The second-order valence-electron chi connectivity index (χ2n) is 6.12. The van der Waals surface area contributed by atoms with Crippen LogP contribution in [0.2, 0.25) is 0 Å². The molecule has 0 amide bonds. The van der Waals surface area contributed by atoms with Crippen molar-refractivity contribution in [1.29, 1.82) is 0 Å². The number of hydrogen-bond donors (Lipinski definition) is 2. The van der Waals surface area contributed by atoms with Gasteiger partial charge in [-0.25, -0.2) is 17.5 Å². The normalized spacial score (nSPS) is 12.7. The molecule has 1 aromatic carbocycles. The number of halogens is 1. The summed E-state index contributed by atoms with van der Waals surface area (Å²) in [6.45, 7) is 7.98. The van der Waals surface area contributed by atoms with Gasteiger partial charge in [0.25, 0.3) is 0 Å². The summed E-state index contributed by atoms with van der Waals surface area (Å²) in [6.07, 6.45) is 0. The van der Waals surface area contributed by atoms with E-state index in [2.05, 4.69) is 10.0 Å². The van der Waals surface area contributed by atoms with Crippen molar-refractivity contribution in [2.45, 2.75) is 39.1 Å². The van der Waals surface area contributed by atoms with E-state index in [0.29, 0.717) is 18.7 Å². The number of benzene rings is 1. The summed E-state index contributed by atoms with van der Waals surface area (Å²) in [7, 11) is -1.98. The van der Waals surface area contributed by atoms with Crippen LogP contribution in [0.5, 0.6) is 0 Å². The lowest BCUT2D eigenvalue weighted by atomic mass is 9.98. The Balaban J connectivity index is 3.17. The molecule has 0 saturated heterocycles. The molecule has 0 radical (unpaired) electrons. The van der Waals surface area contributed by atoms with Crippen LogP contribution in [-0.4, -0.2) is 22.0 Å². The van der Waals surface area contributed by atoms with Gasteiger partial charge in [0.05, 0.1) is 4.90 Å². The van der Waals surface area contributed by atoms with Crippen LogP contribution in [0.4, 0.5) is 4.39 Å². The van der Waals surface area contributed by atoms with Gasteiger partial charge in [-0.05, 0) is 37.1 Å². The van der Waals surface area contributed by atoms with Crippen LogP contribution in [0, 0.1) is 18.2 Å². The van der Waals surface area contributed by atoms with E-state index in [1.807, 2.05) is 20.8 Å². The molecule has 0 aromatic heterocycles. The second kappa shape index (κ2) is 6.20. The van der Waals surface area contributed by atoms with Gasteiger partial charge in [0, 0.05) is 18.7 Å². The Morgan fingerprint density at radius 3 is 2.35 bits per heavy atom. The zero-order chi connectivity index (χ0) is 15.6. The van der Waals surface area contributed by atoms with Crippen LogP contribution >= 0.6 is 0 Å². The predicted molar refractivity (Wildman–Crippen MR) is 78.5 cm³/mol. The van der Waals surface area contributed by atoms with Gasteiger partial charge in [0.1, 0.15) is 5.82 Å². The molecular weight excluding hydrogens is 279 g/mol. The van der Waals surface area contributed by atoms with E-state index in [1.165, 1.54) is 19.1 Å². The van der Waals surface area contributed by atoms with Gasteiger partial charge in [0.15, 0.2) is 0 Å². The van der Waals surface area contributed by atoms with E-state index < -0.39 is 15.8 Å². The summed E-state index contributed by atoms with van der Waals surface area (Å²) in [4.78, 5) is 0.00648. The summed E-state index contributed by atoms with van der Waals surface area (Å²) >= 11 is 0. The van der Waals surface area contributed by atoms with Crippen LogP contribution in [0.1, 0.15) is 31.9 Å². The molecule has 20 heavy (non-hydrogen) atoms. The fraction of sp³-hybridized carbons (Fsp3) is 0.571. The molecule has 4 nitrogen and oxygen atoms in total. The minimum absolute atomic E-state index is 0.00648. The lowest BCUT2D eigenvalue weighted by molar-refractivity contribution is 0.407. The highest BCUT2D eigenvalue weighted by molar-refractivity contribution is 7.89. The lowest BCUT2D eigenvalue weighted by Gasteiger charge is -2.19. The molecule has 0 aliphatic rings. The van der Waals surface area contributed by atoms with E-state index in [1.54, 1.807) is 7.05 Å². The van der Waals surface area contributed by atoms with Crippen molar-refractivity contribution in [3.63, 3.8) is 0 Å². The van der Waals surface area contributed by atoms with Crippen molar-refractivity contribution < 1.29 is 12.8 Å². The molecule has 0 aliphatic carbocycles. The molecular formula is C14H23FN2O2S. The lowest BCUT2D eigenvalue weighted by Crippen LogP contribution is -2.33. The van der Waals surface area contributed by atoms with E-state index in [0.717, 1.165) is 0 Å². The standard InChI is InChI=1S/C14H23FN2O2S/c1-10-12(15)6-11(8-16-5)7-13(10)20(18,19)17-9-14(2,3)4/h6-7,16-17H,8-9H2,1-5H3. The predicted octanol–water partition coefficient (Wildman–Crippen LogP) is 2.18. The monoisotopic (exact) mass is 302 g/mol.